The van der Waals surface area contributed by atoms with Gasteiger partial charge in [0.05, 0.1) is 6.61 Å². The van der Waals surface area contributed by atoms with E-state index in [0.29, 0.717) is 13.2 Å². The molecule has 0 aliphatic heterocycles. The Labute approximate surface area is 111 Å². The van der Waals surface area contributed by atoms with Crippen molar-refractivity contribution in [1.82, 2.24) is 0 Å². The molecule has 90 valence electrons. The second kappa shape index (κ2) is 5.87. The van der Waals surface area contributed by atoms with Gasteiger partial charge in [0.15, 0.2) is 0 Å². The van der Waals surface area contributed by atoms with Crippen molar-refractivity contribution in [3.05, 3.63) is 27.3 Å². The van der Waals surface area contributed by atoms with Gasteiger partial charge >= 0.3 is 0 Å². The van der Waals surface area contributed by atoms with Gasteiger partial charge in [-0.05, 0) is 45.7 Å². The van der Waals surface area contributed by atoms with Crippen molar-refractivity contribution in [1.29, 1.82) is 0 Å². The summed E-state index contributed by atoms with van der Waals surface area (Å²) in [5.41, 5.74) is 1.54. The Morgan fingerprint density at radius 2 is 1.88 bits per heavy atom. The number of halogens is 1. The minimum Gasteiger partial charge on any atom is -0.491 e. The number of benzene rings is 1. The van der Waals surface area contributed by atoms with E-state index in [2.05, 4.69) is 55.5 Å². The zero-order chi connectivity index (χ0) is 12.2. The SMILES string of the molecule is COCCOc1ccc(C(C)(C)C)c(I)c1. The van der Waals surface area contributed by atoms with Crippen molar-refractivity contribution >= 4 is 22.6 Å². The minimum atomic E-state index is 0.182. The van der Waals surface area contributed by atoms with E-state index in [4.69, 9.17) is 9.47 Å². The highest BCUT2D eigenvalue weighted by Gasteiger charge is 2.16. The van der Waals surface area contributed by atoms with Crippen molar-refractivity contribution in [3.8, 4) is 5.75 Å². The van der Waals surface area contributed by atoms with Crippen LogP contribution >= 0.6 is 22.6 Å². The standard InChI is InChI=1S/C13H19IO2/c1-13(2,3)11-6-5-10(9-12(11)14)16-8-7-15-4/h5-6,9H,7-8H2,1-4H3. The molecule has 0 saturated heterocycles. The summed E-state index contributed by atoms with van der Waals surface area (Å²) in [4.78, 5) is 0. The molecule has 3 heteroatoms. The summed E-state index contributed by atoms with van der Waals surface area (Å²) >= 11 is 2.36. The Balaban J connectivity index is 2.75. The lowest BCUT2D eigenvalue weighted by Gasteiger charge is -2.21. The first-order valence-corrected chi connectivity index (χ1v) is 6.45. The lowest BCUT2D eigenvalue weighted by molar-refractivity contribution is 0.146. The molecule has 0 fully saturated rings. The van der Waals surface area contributed by atoms with Gasteiger partial charge in [-0.3, -0.25) is 0 Å². The molecule has 0 spiro atoms. The maximum Gasteiger partial charge on any atom is 0.120 e. The molecule has 0 radical (unpaired) electrons. The average molecular weight is 334 g/mol. The first-order valence-electron chi connectivity index (χ1n) is 5.37. The zero-order valence-corrected chi connectivity index (χ0v) is 12.5. The third-order valence-corrected chi connectivity index (χ3v) is 3.20. The molecule has 0 amide bonds. The quantitative estimate of drug-likeness (QED) is 0.619. The molecule has 0 unspecified atom stereocenters. The third kappa shape index (κ3) is 3.94. The zero-order valence-electron chi connectivity index (χ0n) is 10.3. The molecule has 0 aliphatic rings. The van der Waals surface area contributed by atoms with Gasteiger partial charge in [0, 0.05) is 10.7 Å². The fourth-order valence-electron chi connectivity index (χ4n) is 1.44. The van der Waals surface area contributed by atoms with E-state index in [1.807, 2.05) is 6.07 Å². The van der Waals surface area contributed by atoms with Crippen LogP contribution in [0, 0.1) is 3.57 Å². The monoisotopic (exact) mass is 334 g/mol. The predicted octanol–water partition coefficient (Wildman–Crippen LogP) is 3.61. The van der Waals surface area contributed by atoms with E-state index < -0.39 is 0 Å². The van der Waals surface area contributed by atoms with Crippen LogP contribution in [0.5, 0.6) is 5.75 Å². The highest BCUT2D eigenvalue weighted by atomic mass is 127. The fourth-order valence-corrected chi connectivity index (χ4v) is 2.73. The lowest BCUT2D eigenvalue weighted by atomic mass is 9.87. The first-order chi connectivity index (χ1) is 7.45. The number of methoxy groups -OCH3 is 1. The highest BCUT2D eigenvalue weighted by Crippen LogP contribution is 2.29. The van der Waals surface area contributed by atoms with E-state index in [1.54, 1.807) is 7.11 Å². The lowest BCUT2D eigenvalue weighted by Crippen LogP contribution is -2.13. The second-order valence-electron chi connectivity index (χ2n) is 4.73. The smallest absolute Gasteiger partial charge is 0.120 e. The van der Waals surface area contributed by atoms with Gasteiger partial charge in [0.25, 0.3) is 0 Å². The van der Waals surface area contributed by atoms with Crippen LogP contribution in [0.15, 0.2) is 18.2 Å². The van der Waals surface area contributed by atoms with Crippen molar-refractivity contribution in [2.45, 2.75) is 26.2 Å². The van der Waals surface area contributed by atoms with Gasteiger partial charge in [-0.2, -0.15) is 0 Å². The Kier molecular flexibility index (Phi) is 5.05. The van der Waals surface area contributed by atoms with Crippen LogP contribution < -0.4 is 4.74 Å². The van der Waals surface area contributed by atoms with E-state index in [1.165, 1.54) is 9.13 Å². The van der Waals surface area contributed by atoms with E-state index in [-0.39, 0.29) is 5.41 Å². The molecule has 1 aromatic carbocycles. The molecular formula is C13H19IO2. The Morgan fingerprint density at radius 3 is 2.38 bits per heavy atom. The van der Waals surface area contributed by atoms with Crippen LogP contribution in [0.3, 0.4) is 0 Å². The number of rotatable bonds is 4. The molecule has 0 atom stereocenters. The van der Waals surface area contributed by atoms with Crippen molar-refractivity contribution in [2.75, 3.05) is 20.3 Å². The molecule has 1 rings (SSSR count). The Morgan fingerprint density at radius 1 is 1.19 bits per heavy atom. The maximum atomic E-state index is 5.57. The molecule has 0 aliphatic carbocycles. The number of ether oxygens (including phenoxy) is 2. The van der Waals surface area contributed by atoms with Gasteiger partial charge in [-0.1, -0.05) is 26.8 Å². The average Bonchev–Trinajstić information content (AvgIpc) is 2.16. The molecule has 2 nitrogen and oxygen atoms in total. The van der Waals surface area contributed by atoms with Crippen molar-refractivity contribution in [2.24, 2.45) is 0 Å². The maximum absolute atomic E-state index is 5.57. The van der Waals surface area contributed by atoms with E-state index in [9.17, 15) is 0 Å². The molecule has 0 bridgehead atoms. The minimum absolute atomic E-state index is 0.182. The van der Waals surface area contributed by atoms with Gasteiger partial charge in [0.2, 0.25) is 0 Å². The molecule has 0 heterocycles. The molecule has 1 aromatic rings. The number of hydrogen-bond acceptors (Lipinski definition) is 2. The summed E-state index contributed by atoms with van der Waals surface area (Å²) in [6.45, 7) is 7.88. The van der Waals surface area contributed by atoms with Crippen LogP contribution in [-0.2, 0) is 10.2 Å². The van der Waals surface area contributed by atoms with Crippen LogP contribution in [-0.4, -0.2) is 20.3 Å². The summed E-state index contributed by atoms with van der Waals surface area (Å²) in [5.74, 6) is 0.912. The molecule has 0 N–H and O–H groups in total. The highest BCUT2D eigenvalue weighted by molar-refractivity contribution is 14.1. The normalized spacial score (nSPS) is 11.6. The summed E-state index contributed by atoms with van der Waals surface area (Å²) in [5, 5.41) is 0. The van der Waals surface area contributed by atoms with Gasteiger partial charge in [0.1, 0.15) is 12.4 Å². The number of hydrogen-bond donors (Lipinski definition) is 0. The van der Waals surface area contributed by atoms with E-state index >= 15 is 0 Å². The van der Waals surface area contributed by atoms with Gasteiger partial charge in [-0.15, -0.1) is 0 Å². The second-order valence-corrected chi connectivity index (χ2v) is 5.90. The van der Waals surface area contributed by atoms with Gasteiger partial charge in [-0.25, -0.2) is 0 Å². The van der Waals surface area contributed by atoms with Crippen LogP contribution in [0.1, 0.15) is 26.3 Å². The predicted molar refractivity (Wildman–Crippen MR) is 75.2 cm³/mol. The Hall–Kier alpha value is -0.290. The van der Waals surface area contributed by atoms with Crippen LogP contribution in [0.25, 0.3) is 0 Å². The topological polar surface area (TPSA) is 18.5 Å². The molecule has 0 saturated carbocycles. The first kappa shape index (κ1) is 13.8. The fraction of sp³-hybridized carbons (Fsp3) is 0.538. The molecule has 16 heavy (non-hydrogen) atoms. The van der Waals surface area contributed by atoms with Crippen LogP contribution in [0.2, 0.25) is 0 Å². The summed E-state index contributed by atoms with van der Waals surface area (Å²) < 4.78 is 11.8. The van der Waals surface area contributed by atoms with Crippen molar-refractivity contribution in [3.63, 3.8) is 0 Å². The third-order valence-electron chi connectivity index (χ3n) is 2.30. The summed E-state index contributed by atoms with van der Waals surface area (Å²) in [6, 6.07) is 6.25. The Bertz CT molecular complexity index is 342. The van der Waals surface area contributed by atoms with Crippen LogP contribution in [0.4, 0.5) is 0 Å². The largest absolute Gasteiger partial charge is 0.491 e. The van der Waals surface area contributed by atoms with E-state index in [0.717, 1.165) is 5.75 Å². The summed E-state index contributed by atoms with van der Waals surface area (Å²) in [7, 11) is 1.68. The van der Waals surface area contributed by atoms with Gasteiger partial charge < -0.3 is 9.47 Å². The molecule has 0 aromatic heterocycles. The summed E-state index contributed by atoms with van der Waals surface area (Å²) in [6.07, 6.45) is 0. The van der Waals surface area contributed by atoms with Crippen molar-refractivity contribution < 1.29 is 9.47 Å². The molecular weight excluding hydrogens is 315 g/mol.